The van der Waals surface area contributed by atoms with Gasteiger partial charge < -0.3 is 9.84 Å². The standard InChI is InChI=1S/C13H16O2/c1-10(11-5-3-2-4-6-11)13-9-12(14)7-8-15-13/h2-8,10,12-14H,9H2,1H3/t10-,12+,13-/m0/s1. The van der Waals surface area contributed by atoms with Crippen molar-refractivity contribution in [2.24, 2.45) is 0 Å². The van der Waals surface area contributed by atoms with Gasteiger partial charge in [0.05, 0.1) is 12.4 Å². The summed E-state index contributed by atoms with van der Waals surface area (Å²) in [6.45, 7) is 2.13. The van der Waals surface area contributed by atoms with Gasteiger partial charge in [-0.1, -0.05) is 37.3 Å². The zero-order valence-electron chi connectivity index (χ0n) is 8.84. The molecule has 1 aliphatic rings. The van der Waals surface area contributed by atoms with Gasteiger partial charge in [-0.15, -0.1) is 0 Å². The zero-order valence-corrected chi connectivity index (χ0v) is 8.84. The Kier molecular flexibility index (Phi) is 3.07. The molecule has 0 aliphatic carbocycles. The van der Waals surface area contributed by atoms with Crippen LogP contribution >= 0.6 is 0 Å². The van der Waals surface area contributed by atoms with E-state index in [4.69, 9.17) is 4.74 Å². The Bertz CT molecular complexity index is 332. The third kappa shape index (κ3) is 2.39. The minimum absolute atomic E-state index is 0.0763. The van der Waals surface area contributed by atoms with E-state index >= 15 is 0 Å². The van der Waals surface area contributed by atoms with Crippen molar-refractivity contribution in [3.8, 4) is 0 Å². The Morgan fingerprint density at radius 2 is 2.07 bits per heavy atom. The molecule has 3 atom stereocenters. The number of benzene rings is 1. The van der Waals surface area contributed by atoms with E-state index in [1.165, 1.54) is 5.56 Å². The lowest BCUT2D eigenvalue weighted by Crippen LogP contribution is -2.26. The van der Waals surface area contributed by atoms with Crippen LogP contribution in [-0.4, -0.2) is 17.3 Å². The molecule has 2 rings (SSSR count). The van der Waals surface area contributed by atoms with Crippen LogP contribution in [-0.2, 0) is 4.74 Å². The normalized spacial score (nSPS) is 27.1. The molecule has 1 heterocycles. The van der Waals surface area contributed by atoms with Gasteiger partial charge in [-0.2, -0.15) is 0 Å². The molecule has 0 fully saturated rings. The lowest BCUT2D eigenvalue weighted by atomic mass is 9.91. The van der Waals surface area contributed by atoms with Crippen LogP contribution in [0.2, 0.25) is 0 Å². The molecule has 0 spiro atoms. The van der Waals surface area contributed by atoms with Crippen molar-refractivity contribution in [2.45, 2.75) is 31.5 Å². The van der Waals surface area contributed by atoms with Crippen LogP contribution < -0.4 is 0 Å². The summed E-state index contributed by atoms with van der Waals surface area (Å²) < 4.78 is 5.52. The summed E-state index contributed by atoms with van der Waals surface area (Å²) in [4.78, 5) is 0. The van der Waals surface area contributed by atoms with Crippen LogP contribution in [0.15, 0.2) is 42.7 Å². The van der Waals surface area contributed by atoms with Crippen molar-refractivity contribution in [2.75, 3.05) is 0 Å². The number of rotatable bonds is 2. The first-order valence-corrected chi connectivity index (χ1v) is 5.32. The summed E-state index contributed by atoms with van der Waals surface area (Å²) in [5.74, 6) is 0.311. The SMILES string of the molecule is C[C@@H](c1ccccc1)[C@@H]1C[C@H](O)C=CO1. The molecule has 2 nitrogen and oxygen atoms in total. The fourth-order valence-electron chi connectivity index (χ4n) is 1.90. The van der Waals surface area contributed by atoms with Crippen LogP contribution in [0.5, 0.6) is 0 Å². The minimum atomic E-state index is -0.366. The first-order valence-electron chi connectivity index (χ1n) is 5.32. The smallest absolute Gasteiger partial charge is 0.107 e. The highest BCUT2D eigenvalue weighted by molar-refractivity contribution is 5.20. The maximum Gasteiger partial charge on any atom is 0.107 e. The fourth-order valence-corrected chi connectivity index (χ4v) is 1.90. The van der Waals surface area contributed by atoms with Gasteiger partial charge in [0, 0.05) is 12.3 Å². The van der Waals surface area contributed by atoms with Gasteiger partial charge in [-0.05, 0) is 11.6 Å². The van der Waals surface area contributed by atoms with Crippen LogP contribution in [0.3, 0.4) is 0 Å². The van der Waals surface area contributed by atoms with Crippen LogP contribution in [0.4, 0.5) is 0 Å². The fraction of sp³-hybridized carbons (Fsp3) is 0.385. The molecule has 0 unspecified atom stereocenters. The van der Waals surface area contributed by atoms with Crippen LogP contribution in [0.1, 0.15) is 24.8 Å². The highest BCUT2D eigenvalue weighted by Crippen LogP contribution is 2.26. The molecule has 0 saturated heterocycles. The number of aliphatic hydroxyl groups is 1. The quantitative estimate of drug-likeness (QED) is 0.801. The molecule has 2 heteroatoms. The number of aliphatic hydroxyl groups excluding tert-OH is 1. The van der Waals surface area contributed by atoms with Crippen molar-refractivity contribution in [1.82, 2.24) is 0 Å². The second-order valence-electron chi connectivity index (χ2n) is 4.01. The Balaban J connectivity index is 2.08. The molecule has 0 saturated carbocycles. The molecule has 1 aliphatic heterocycles. The second kappa shape index (κ2) is 4.49. The Hall–Kier alpha value is -1.28. The van der Waals surface area contributed by atoms with Gasteiger partial charge in [-0.3, -0.25) is 0 Å². The van der Waals surface area contributed by atoms with E-state index in [-0.39, 0.29) is 12.2 Å². The number of hydrogen-bond donors (Lipinski definition) is 1. The van der Waals surface area contributed by atoms with E-state index < -0.39 is 0 Å². The highest BCUT2D eigenvalue weighted by atomic mass is 16.5. The predicted molar refractivity (Wildman–Crippen MR) is 59.5 cm³/mol. The first kappa shape index (κ1) is 10.2. The lowest BCUT2D eigenvalue weighted by molar-refractivity contribution is 0.0502. The van der Waals surface area contributed by atoms with Crippen molar-refractivity contribution >= 4 is 0 Å². The van der Waals surface area contributed by atoms with E-state index in [2.05, 4.69) is 19.1 Å². The largest absolute Gasteiger partial charge is 0.498 e. The molecule has 1 aromatic rings. The molecule has 0 bridgehead atoms. The van der Waals surface area contributed by atoms with Gasteiger partial charge in [0.2, 0.25) is 0 Å². The zero-order chi connectivity index (χ0) is 10.7. The van der Waals surface area contributed by atoms with E-state index in [1.807, 2.05) is 18.2 Å². The molecule has 1 aromatic carbocycles. The third-order valence-electron chi connectivity index (χ3n) is 2.91. The summed E-state index contributed by atoms with van der Waals surface area (Å²) >= 11 is 0. The predicted octanol–water partition coefficient (Wildman–Crippen LogP) is 2.45. The number of ether oxygens (including phenoxy) is 1. The Labute approximate surface area is 90.2 Å². The van der Waals surface area contributed by atoms with Gasteiger partial charge >= 0.3 is 0 Å². The summed E-state index contributed by atoms with van der Waals surface area (Å²) in [5, 5.41) is 9.51. The molecule has 1 N–H and O–H groups in total. The second-order valence-corrected chi connectivity index (χ2v) is 4.01. The summed E-state index contributed by atoms with van der Waals surface area (Å²) in [6, 6.07) is 10.3. The van der Waals surface area contributed by atoms with Crippen molar-refractivity contribution < 1.29 is 9.84 Å². The summed E-state index contributed by atoms with van der Waals surface area (Å²) in [7, 11) is 0. The summed E-state index contributed by atoms with van der Waals surface area (Å²) in [5.41, 5.74) is 1.25. The van der Waals surface area contributed by atoms with Gasteiger partial charge in [0.15, 0.2) is 0 Å². The van der Waals surface area contributed by atoms with Gasteiger partial charge in [0.25, 0.3) is 0 Å². The Morgan fingerprint density at radius 1 is 1.33 bits per heavy atom. The van der Waals surface area contributed by atoms with Crippen molar-refractivity contribution in [3.63, 3.8) is 0 Å². The molecular weight excluding hydrogens is 188 g/mol. The molecule has 0 radical (unpaired) electrons. The molecular formula is C13H16O2. The average molecular weight is 204 g/mol. The minimum Gasteiger partial charge on any atom is -0.498 e. The van der Waals surface area contributed by atoms with E-state index in [0.717, 1.165) is 0 Å². The highest BCUT2D eigenvalue weighted by Gasteiger charge is 2.24. The van der Waals surface area contributed by atoms with Gasteiger partial charge in [-0.25, -0.2) is 0 Å². The first-order chi connectivity index (χ1) is 7.27. The Morgan fingerprint density at radius 3 is 2.73 bits per heavy atom. The maximum atomic E-state index is 9.51. The van der Waals surface area contributed by atoms with E-state index in [1.54, 1.807) is 12.3 Å². The van der Waals surface area contributed by atoms with Crippen molar-refractivity contribution in [3.05, 3.63) is 48.2 Å². The molecule has 80 valence electrons. The van der Waals surface area contributed by atoms with Crippen LogP contribution in [0.25, 0.3) is 0 Å². The van der Waals surface area contributed by atoms with Crippen LogP contribution in [0, 0.1) is 0 Å². The van der Waals surface area contributed by atoms with Crippen molar-refractivity contribution in [1.29, 1.82) is 0 Å². The van der Waals surface area contributed by atoms with E-state index in [0.29, 0.717) is 12.3 Å². The van der Waals surface area contributed by atoms with E-state index in [9.17, 15) is 5.11 Å². The molecule has 0 amide bonds. The molecule has 0 aromatic heterocycles. The van der Waals surface area contributed by atoms with Gasteiger partial charge in [0.1, 0.15) is 6.10 Å². The maximum absolute atomic E-state index is 9.51. The third-order valence-corrected chi connectivity index (χ3v) is 2.91. The molecule has 15 heavy (non-hydrogen) atoms. The average Bonchev–Trinajstić information content (AvgIpc) is 2.29. The lowest BCUT2D eigenvalue weighted by Gasteiger charge is -2.28. The monoisotopic (exact) mass is 204 g/mol. The number of hydrogen-bond acceptors (Lipinski definition) is 2. The summed E-state index contributed by atoms with van der Waals surface area (Å²) in [6.07, 6.45) is 3.68. The topological polar surface area (TPSA) is 29.5 Å².